The summed E-state index contributed by atoms with van der Waals surface area (Å²) in [5.74, 6) is -0.0826. The van der Waals surface area contributed by atoms with Crippen LogP contribution in [-0.4, -0.2) is 18.7 Å². The summed E-state index contributed by atoms with van der Waals surface area (Å²) in [6.45, 7) is -0.116. The molecule has 30 heavy (non-hydrogen) atoms. The minimum Gasteiger partial charge on any atom is -0.488 e. The zero-order valence-corrected chi connectivity index (χ0v) is 18.0. The van der Waals surface area contributed by atoms with E-state index in [4.69, 9.17) is 21.2 Å². The fourth-order valence-corrected chi connectivity index (χ4v) is 3.05. The van der Waals surface area contributed by atoms with Gasteiger partial charge in [0.1, 0.15) is 18.2 Å². The molecule has 0 radical (unpaired) electrons. The Morgan fingerprint density at radius 3 is 2.63 bits per heavy atom. The van der Waals surface area contributed by atoms with Crippen LogP contribution in [0.1, 0.15) is 11.1 Å². The molecule has 0 aliphatic rings. The van der Waals surface area contributed by atoms with Gasteiger partial charge in [0.05, 0.1) is 10.7 Å². The van der Waals surface area contributed by atoms with E-state index in [0.717, 1.165) is 5.56 Å². The molecule has 0 heterocycles. The number of benzene rings is 3. The summed E-state index contributed by atoms with van der Waals surface area (Å²) in [6.07, 6.45) is 1.47. The highest BCUT2D eigenvalue weighted by Gasteiger charge is 2.06. The maximum absolute atomic E-state index is 13.7. The normalized spacial score (nSPS) is 10.8. The molecule has 1 amide bonds. The first-order valence-corrected chi connectivity index (χ1v) is 10.0. The van der Waals surface area contributed by atoms with Crippen molar-refractivity contribution in [1.29, 1.82) is 0 Å². The van der Waals surface area contributed by atoms with Gasteiger partial charge in [0.15, 0.2) is 6.61 Å². The zero-order chi connectivity index (χ0) is 21.3. The summed E-state index contributed by atoms with van der Waals surface area (Å²) in [7, 11) is 0. The van der Waals surface area contributed by atoms with Crippen molar-refractivity contribution in [2.75, 3.05) is 11.9 Å². The third-order valence-electron chi connectivity index (χ3n) is 3.90. The second-order valence-corrected chi connectivity index (χ2v) is 7.42. The van der Waals surface area contributed by atoms with Gasteiger partial charge in [-0.15, -0.1) is 0 Å². The fraction of sp³-hybridized carbons (Fsp3) is 0.0909. The van der Waals surface area contributed by atoms with Gasteiger partial charge in [0.2, 0.25) is 0 Å². The number of anilines is 1. The van der Waals surface area contributed by atoms with E-state index in [1.807, 2.05) is 0 Å². The lowest BCUT2D eigenvalue weighted by Gasteiger charge is -2.09. The Kier molecular flexibility index (Phi) is 7.82. The first kappa shape index (κ1) is 21.8. The van der Waals surface area contributed by atoms with Crippen molar-refractivity contribution < 1.29 is 18.8 Å². The van der Waals surface area contributed by atoms with E-state index in [1.165, 1.54) is 12.3 Å². The monoisotopic (exact) mass is 490 g/mol. The Morgan fingerprint density at radius 1 is 1.13 bits per heavy atom. The van der Waals surface area contributed by atoms with Crippen LogP contribution in [0.25, 0.3) is 0 Å². The molecule has 0 bridgehead atoms. The summed E-state index contributed by atoms with van der Waals surface area (Å²) in [6, 6.07) is 18.5. The SMILES string of the molecule is O=C(CON=Cc1ccc(OCc2ccccc2F)c(Br)c1)Nc1ccc(Cl)cc1. The van der Waals surface area contributed by atoms with Gasteiger partial charge in [-0.3, -0.25) is 4.79 Å². The summed E-state index contributed by atoms with van der Waals surface area (Å²) < 4.78 is 20.0. The standard InChI is InChI=1S/C22H17BrClFN2O3/c23-19-11-15(5-10-21(19)29-13-16-3-1-2-4-20(16)25)12-26-30-14-22(28)27-18-8-6-17(24)7-9-18/h1-12H,13-14H2,(H,27,28). The molecular formula is C22H17BrClFN2O3. The molecule has 0 saturated heterocycles. The molecule has 0 aliphatic heterocycles. The summed E-state index contributed by atoms with van der Waals surface area (Å²) in [4.78, 5) is 16.9. The van der Waals surface area contributed by atoms with Crippen LogP contribution in [0.15, 0.2) is 76.4 Å². The number of carbonyl (C=O) groups is 1. The van der Waals surface area contributed by atoms with Crippen LogP contribution in [-0.2, 0) is 16.2 Å². The molecule has 0 unspecified atom stereocenters. The molecule has 1 N–H and O–H groups in total. The lowest BCUT2D eigenvalue weighted by Crippen LogP contribution is -2.16. The molecule has 0 fully saturated rings. The number of nitrogens with one attached hydrogen (secondary N) is 1. The molecule has 0 saturated carbocycles. The maximum Gasteiger partial charge on any atom is 0.265 e. The third kappa shape index (κ3) is 6.57. The molecule has 0 atom stereocenters. The number of hydrogen-bond acceptors (Lipinski definition) is 4. The van der Waals surface area contributed by atoms with Gasteiger partial charge in [-0.1, -0.05) is 35.0 Å². The first-order chi connectivity index (χ1) is 14.5. The Morgan fingerprint density at radius 2 is 1.90 bits per heavy atom. The van der Waals surface area contributed by atoms with E-state index >= 15 is 0 Å². The number of nitrogens with zero attached hydrogens (tertiary/aromatic N) is 1. The minimum atomic E-state index is -0.340. The van der Waals surface area contributed by atoms with Crippen LogP contribution in [0.4, 0.5) is 10.1 Å². The molecule has 0 aromatic heterocycles. The third-order valence-corrected chi connectivity index (χ3v) is 4.77. The van der Waals surface area contributed by atoms with Crippen molar-refractivity contribution in [1.82, 2.24) is 0 Å². The summed E-state index contributed by atoms with van der Waals surface area (Å²) in [5, 5.41) is 7.05. The van der Waals surface area contributed by atoms with Crippen LogP contribution in [0.2, 0.25) is 5.02 Å². The van der Waals surface area contributed by atoms with Crippen molar-refractivity contribution in [3.8, 4) is 5.75 Å². The van der Waals surface area contributed by atoms with Gasteiger partial charge < -0.3 is 14.9 Å². The Balaban J connectivity index is 1.47. The number of halogens is 3. The number of rotatable bonds is 8. The highest BCUT2D eigenvalue weighted by atomic mass is 79.9. The predicted octanol–water partition coefficient (Wildman–Crippen LogP) is 5.81. The van der Waals surface area contributed by atoms with Gasteiger partial charge in [-0.2, -0.15) is 0 Å². The van der Waals surface area contributed by atoms with Crippen LogP contribution in [0.5, 0.6) is 5.75 Å². The smallest absolute Gasteiger partial charge is 0.265 e. The highest BCUT2D eigenvalue weighted by molar-refractivity contribution is 9.10. The van der Waals surface area contributed by atoms with Crippen molar-refractivity contribution in [2.24, 2.45) is 5.16 Å². The first-order valence-electron chi connectivity index (χ1n) is 8.88. The fourth-order valence-electron chi connectivity index (χ4n) is 2.41. The van der Waals surface area contributed by atoms with E-state index in [9.17, 15) is 9.18 Å². The van der Waals surface area contributed by atoms with E-state index in [1.54, 1.807) is 60.7 Å². The van der Waals surface area contributed by atoms with Crippen LogP contribution >= 0.6 is 27.5 Å². The van der Waals surface area contributed by atoms with Crippen molar-refractivity contribution in [3.63, 3.8) is 0 Å². The summed E-state index contributed by atoms with van der Waals surface area (Å²) >= 11 is 9.22. The topological polar surface area (TPSA) is 59.9 Å². The molecule has 154 valence electrons. The molecule has 3 rings (SSSR count). The van der Waals surface area contributed by atoms with Crippen molar-refractivity contribution >= 4 is 45.3 Å². The van der Waals surface area contributed by atoms with Gasteiger partial charge in [-0.05, 0) is 70.0 Å². The average molecular weight is 492 g/mol. The van der Waals surface area contributed by atoms with Crippen molar-refractivity contribution in [3.05, 3.63) is 93.2 Å². The quantitative estimate of drug-likeness (QED) is 0.319. The second-order valence-electron chi connectivity index (χ2n) is 6.13. The van der Waals surface area contributed by atoms with Crippen molar-refractivity contribution in [2.45, 2.75) is 6.61 Å². The van der Waals surface area contributed by atoms with E-state index < -0.39 is 0 Å². The van der Waals surface area contributed by atoms with Gasteiger partial charge in [-0.25, -0.2) is 4.39 Å². The van der Waals surface area contributed by atoms with E-state index in [2.05, 4.69) is 26.4 Å². The number of carbonyl (C=O) groups excluding carboxylic acids is 1. The molecule has 0 spiro atoms. The van der Waals surface area contributed by atoms with E-state index in [-0.39, 0.29) is 24.9 Å². The highest BCUT2D eigenvalue weighted by Crippen LogP contribution is 2.26. The summed E-state index contributed by atoms with van der Waals surface area (Å²) in [5.41, 5.74) is 1.82. The molecule has 5 nitrogen and oxygen atoms in total. The molecule has 8 heteroatoms. The number of oxime groups is 1. The lowest BCUT2D eigenvalue weighted by atomic mass is 10.2. The molecule has 3 aromatic rings. The number of hydrogen-bond donors (Lipinski definition) is 1. The van der Waals surface area contributed by atoms with E-state index in [0.29, 0.717) is 26.5 Å². The van der Waals surface area contributed by atoms with Gasteiger partial charge in [0.25, 0.3) is 5.91 Å². The van der Waals surface area contributed by atoms with Gasteiger partial charge >= 0.3 is 0 Å². The average Bonchev–Trinajstić information content (AvgIpc) is 2.73. The largest absolute Gasteiger partial charge is 0.488 e. The van der Waals surface area contributed by atoms with Gasteiger partial charge in [0, 0.05) is 16.3 Å². The Hall–Kier alpha value is -2.90. The molecule has 0 aliphatic carbocycles. The zero-order valence-electron chi connectivity index (χ0n) is 15.6. The van der Waals surface area contributed by atoms with Crippen LogP contribution in [0.3, 0.4) is 0 Å². The van der Waals surface area contributed by atoms with Crippen LogP contribution < -0.4 is 10.1 Å². The maximum atomic E-state index is 13.7. The minimum absolute atomic E-state index is 0.116. The van der Waals surface area contributed by atoms with Crippen LogP contribution in [0, 0.1) is 5.82 Å². The molecular weight excluding hydrogens is 475 g/mol. The number of amides is 1. The number of ether oxygens (including phenoxy) is 1. The second kappa shape index (κ2) is 10.8. The lowest BCUT2D eigenvalue weighted by molar-refractivity contribution is -0.120. The Labute approximate surface area is 186 Å². The Bertz CT molecular complexity index is 1040. The predicted molar refractivity (Wildman–Crippen MR) is 119 cm³/mol. The molecule has 3 aromatic carbocycles.